The molecule has 0 atom stereocenters. The second kappa shape index (κ2) is 5.12. The van der Waals surface area contributed by atoms with E-state index in [-0.39, 0.29) is 0 Å². The summed E-state index contributed by atoms with van der Waals surface area (Å²) in [5.41, 5.74) is 4.84. The molecule has 0 amide bonds. The summed E-state index contributed by atoms with van der Waals surface area (Å²) in [7, 11) is 0. The van der Waals surface area contributed by atoms with Crippen molar-refractivity contribution in [3.8, 4) is 6.07 Å². The number of aryl methyl sites for hydroxylation is 2. The predicted octanol–water partition coefficient (Wildman–Crippen LogP) is 4.57. The summed E-state index contributed by atoms with van der Waals surface area (Å²) in [5.74, 6) is 0. The van der Waals surface area contributed by atoms with Gasteiger partial charge in [0.2, 0.25) is 0 Å². The van der Waals surface area contributed by atoms with E-state index in [0.717, 1.165) is 11.4 Å². The van der Waals surface area contributed by atoms with Crippen LogP contribution in [0.5, 0.6) is 0 Å². The molecule has 0 saturated heterocycles. The maximum atomic E-state index is 8.78. The van der Waals surface area contributed by atoms with Crippen LogP contribution in [-0.2, 0) is 0 Å². The van der Waals surface area contributed by atoms with Gasteiger partial charge in [-0.3, -0.25) is 0 Å². The monoisotopic (exact) mass is 256 g/mol. The molecule has 0 aromatic heterocycles. The maximum Gasteiger partial charge on any atom is 0.0992 e. The van der Waals surface area contributed by atoms with Crippen LogP contribution >= 0.6 is 11.6 Å². The quantitative estimate of drug-likeness (QED) is 0.854. The molecular formula is C15H13ClN2. The van der Waals surface area contributed by atoms with Crippen LogP contribution in [0.2, 0.25) is 5.02 Å². The molecule has 3 heteroatoms. The molecule has 0 radical (unpaired) electrons. The van der Waals surface area contributed by atoms with Crippen molar-refractivity contribution in [3.05, 3.63) is 58.1 Å². The summed E-state index contributed by atoms with van der Waals surface area (Å²) < 4.78 is 0. The molecule has 0 saturated carbocycles. The van der Waals surface area contributed by atoms with Gasteiger partial charge in [0.05, 0.1) is 22.3 Å². The topological polar surface area (TPSA) is 35.8 Å². The minimum Gasteiger partial charge on any atom is -0.354 e. The van der Waals surface area contributed by atoms with Gasteiger partial charge in [-0.2, -0.15) is 5.26 Å². The lowest BCUT2D eigenvalue weighted by Gasteiger charge is -2.10. The molecule has 0 bridgehead atoms. The molecule has 0 unspecified atom stereocenters. The second-order valence-electron chi connectivity index (χ2n) is 4.23. The standard InChI is InChI=1S/C15H13ClN2/c1-10-3-5-13(7-11(10)2)18-15-6-4-12(9-17)8-14(15)16/h3-8,18H,1-2H3. The van der Waals surface area contributed by atoms with Gasteiger partial charge in [0.25, 0.3) is 0 Å². The molecule has 0 heterocycles. The van der Waals surface area contributed by atoms with Crippen LogP contribution in [0.1, 0.15) is 16.7 Å². The molecule has 2 aromatic carbocycles. The van der Waals surface area contributed by atoms with Crippen LogP contribution in [-0.4, -0.2) is 0 Å². The smallest absolute Gasteiger partial charge is 0.0992 e. The fraction of sp³-hybridized carbons (Fsp3) is 0.133. The van der Waals surface area contributed by atoms with Gasteiger partial charge in [0.15, 0.2) is 0 Å². The van der Waals surface area contributed by atoms with E-state index in [1.807, 2.05) is 12.1 Å². The average Bonchev–Trinajstić information content (AvgIpc) is 2.36. The van der Waals surface area contributed by atoms with Crippen molar-refractivity contribution in [1.82, 2.24) is 0 Å². The first-order chi connectivity index (χ1) is 8.60. The first-order valence-electron chi connectivity index (χ1n) is 5.64. The van der Waals surface area contributed by atoms with Crippen molar-refractivity contribution in [1.29, 1.82) is 5.26 Å². The Balaban J connectivity index is 2.29. The molecule has 2 aromatic rings. The number of hydrogen-bond donors (Lipinski definition) is 1. The highest BCUT2D eigenvalue weighted by atomic mass is 35.5. The lowest BCUT2D eigenvalue weighted by molar-refractivity contribution is 1.34. The summed E-state index contributed by atoms with van der Waals surface area (Å²) in [6, 6.07) is 13.4. The number of nitrogens with one attached hydrogen (secondary N) is 1. The largest absolute Gasteiger partial charge is 0.354 e. The third-order valence-electron chi connectivity index (χ3n) is 2.88. The van der Waals surface area contributed by atoms with Gasteiger partial charge >= 0.3 is 0 Å². The van der Waals surface area contributed by atoms with Gasteiger partial charge in [-0.1, -0.05) is 17.7 Å². The van der Waals surface area contributed by atoms with Crippen LogP contribution in [0.3, 0.4) is 0 Å². The van der Waals surface area contributed by atoms with E-state index in [1.165, 1.54) is 11.1 Å². The zero-order valence-electron chi connectivity index (χ0n) is 10.3. The number of anilines is 2. The summed E-state index contributed by atoms with van der Waals surface area (Å²) in [6.45, 7) is 4.15. The molecule has 18 heavy (non-hydrogen) atoms. The Morgan fingerprint density at radius 1 is 1.06 bits per heavy atom. The Morgan fingerprint density at radius 2 is 1.83 bits per heavy atom. The number of nitrogens with zero attached hydrogens (tertiary/aromatic N) is 1. The minimum absolute atomic E-state index is 0.548. The van der Waals surface area contributed by atoms with Crippen LogP contribution < -0.4 is 5.32 Å². The lowest BCUT2D eigenvalue weighted by atomic mass is 10.1. The fourth-order valence-corrected chi connectivity index (χ4v) is 1.89. The van der Waals surface area contributed by atoms with Crippen LogP contribution in [0.15, 0.2) is 36.4 Å². The Morgan fingerprint density at radius 3 is 2.44 bits per heavy atom. The summed E-state index contributed by atoms with van der Waals surface area (Å²) >= 11 is 6.12. The molecule has 0 fully saturated rings. The van der Waals surface area contributed by atoms with E-state index in [4.69, 9.17) is 16.9 Å². The van der Waals surface area contributed by atoms with Gasteiger partial charge in [-0.15, -0.1) is 0 Å². The second-order valence-corrected chi connectivity index (χ2v) is 4.64. The highest BCUT2D eigenvalue weighted by molar-refractivity contribution is 6.33. The van der Waals surface area contributed by atoms with Crippen molar-refractivity contribution in [3.63, 3.8) is 0 Å². The lowest BCUT2D eigenvalue weighted by Crippen LogP contribution is -1.93. The molecule has 0 spiro atoms. The SMILES string of the molecule is Cc1ccc(Nc2ccc(C#N)cc2Cl)cc1C. The Labute approximate surface area is 112 Å². The van der Waals surface area contributed by atoms with E-state index in [0.29, 0.717) is 10.6 Å². The first kappa shape index (κ1) is 12.5. The van der Waals surface area contributed by atoms with Gasteiger partial charge in [-0.05, 0) is 55.3 Å². The summed E-state index contributed by atoms with van der Waals surface area (Å²) in [4.78, 5) is 0. The number of nitriles is 1. The van der Waals surface area contributed by atoms with Crippen molar-refractivity contribution in [2.24, 2.45) is 0 Å². The third kappa shape index (κ3) is 2.64. The first-order valence-corrected chi connectivity index (χ1v) is 6.02. The van der Waals surface area contributed by atoms with Crippen molar-refractivity contribution in [2.45, 2.75) is 13.8 Å². The van der Waals surface area contributed by atoms with E-state index >= 15 is 0 Å². The zero-order valence-corrected chi connectivity index (χ0v) is 11.0. The van der Waals surface area contributed by atoms with E-state index in [9.17, 15) is 0 Å². The number of rotatable bonds is 2. The molecular weight excluding hydrogens is 244 g/mol. The predicted molar refractivity (Wildman–Crippen MR) is 75.4 cm³/mol. The van der Waals surface area contributed by atoms with E-state index in [1.54, 1.807) is 12.1 Å². The highest BCUT2D eigenvalue weighted by Crippen LogP contribution is 2.27. The van der Waals surface area contributed by atoms with Crippen molar-refractivity contribution >= 4 is 23.0 Å². The third-order valence-corrected chi connectivity index (χ3v) is 3.20. The minimum atomic E-state index is 0.548. The van der Waals surface area contributed by atoms with Gasteiger partial charge in [-0.25, -0.2) is 0 Å². The molecule has 90 valence electrons. The Kier molecular flexibility index (Phi) is 3.55. The molecule has 2 rings (SSSR count). The number of hydrogen-bond acceptors (Lipinski definition) is 2. The van der Waals surface area contributed by atoms with Crippen LogP contribution in [0.4, 0.5) is 11.4 Å². The van der Waals surface area contributed by atoms with Gasteiger partial charge in [0, 0.05) is 5.69 Å². The molecule has 0 aliphatic carbocycles. The van der Waals surface area contributed by atoms with Crippen molar-refractivity contribution in [2.75, 3.05) is 5.32 Å². The van der Waals surface area contributed by atoms with Gasteiger partial charge in [0.1, 0.15) is 0 Å². The molecule has 0 aliphatic heterocycles. The Bertz CT molecular complexity index is 627. The molecule has 0 aliphatic rings. The maximum absolute atomic E-state index is 8.78. The summed E-state index contributed by atoms with van der Waals surface area (Å²) in [5, 5.41) is 12.6. The number of benzene rings is 2. The summed E-state index contributed by atoms with van der Waals surface area (Å²) in [6.07, 6.45) is 0. The number of halogens is 1. The normalized spacial score (nSPS) is 9.89. The van der Waals surface area contributed by atoms with E-state index in [2.05, 4.69) is 37.4 Å². The van der Waals surface area contributed by atoms with Crippen LogP contribution in [0, 0.1) is 25.2 Å². The van der Waals surface area contributed by atoms with E-state index < -0.39 is 0 Å². The molecule has 1 N–H and O–H groups in total. The van der Waals surface area contributed by atoms with Crippen LogP contribution in [0.25, 0.3) is 0 Å². The highest BCUT2D eigenvalue weighted by Gasteiger charge is 2.03. The zero-order chi connectivity index (χ0) is 13.1. The van der Waals surface area contributed by atoms with Crippen molar-refractivity contribution < 1.29 is 0 Å². The van der Waals surface area contributed by atoms with Gasteiger partial charge < -0.3 is 5.32 Å². The fourth-order valence-electron chi connectivity index (χ4n) is 1.66. The Hall–Kier alpha value is -1.98. The average molecular weight is 257 g/mol. The molecule has 2 nitrogen and oxygen atoms in total.